The van der Waals surface area contributed by atoms with Crippen LogP contribution in [-0.4, -0.2) is 121 Å². The first-order valence-electron chi connectivity index (χ1n) is 10.9. The van der Waals surface area contributed by atoms with Crippen LogP contribution in [0.4, 0.5) is 26.3 Å². The maximum atomic E-state index is 12.5. The van der Waals surface area contributed by atoms with Crippen molar-refractivity contribution in [1.29, 1.82) is 0 Å². The molecule has 0 saturated carbocycles. The Morgan fingerprint density at radius 1 is 1.03 bits per heavy atom. The molecule has 1 amide bonds. The van der Waals surface area contributed by atoms with Crippen LogP contribution in [0.2, 0.25) is 0 Å². The van der Waals surface area contributed by atoms with Gasteiger partial charge in [-0.1, -0.05) is 6.07 Å². The van der Waals surface area contributed by atoms with Crippen LogP contribution in [0, 0.1) is 0 Å². The largest absolute Gasteiger partial charge is 0.490 e. The van der Waals surface area contributed by atoms with E-state index in [4.69, 9.17) is 24.5 Å². The minimum Gasteiger partial charge on any atom is -0.475 e. The summed E-state index contributed by atoms with van der Waals surface area (Å²) in [5.41, 5.74) is 0.125. The van der Waals surface area contributed by atoms with Gasteiger partial charge in [-0.3, -0.25) is 9.69 Å². The van der Waals surface area contributed by atoms with Crippen molar-refractivity contribution in [3.05, 3.63) is 22.4 Å². The molecule has 0 bridgehead atoms. The third-order valence-electron chi connectivity index (χ3n) is 5.56. The van der Waals surface area contributed by atoms with Gasteiger partial charge in [-0.25, -0.2) is 9.59 Å². The molecule has 3 rings (SSSR count). The van der Waals surface area contributed by atoms with E-state index in [1.54, 1.807) is 0 Å². The molecule has 1 aromatic rings. The van der Waals surface area contributed by atoms with Crippen LogP contribution in [-0.2, 0) is 14.3 Å². The van der Waals surface area contributed by atoms with Crippen molar-refractivity contribution < 1.29 is 55.7 Å². The van der Waals surface area contributed by atoms with Crippen LogP contribution < -0.4 is 0 Å². The molecule has 212 valence electrons. The smallest absolute Gasteiger partial charge is 0.475 e. The SMILES string of the molecule is CN(C)CCN1CCOCC12CCN(C(=O)c1cccs1)CC2.O=C(O)C(F)(F)F.O=C(O)C(F)(F)F. The van der Waals surface area contributed by atoms with Gasteiger partial charge in [-0.2, -0.15) is 26.3 Å². The third kappa shape index (κ3) is 10.8. The average Bonchev–Trinajstić information content (AvgIpc) is 3.33. The minimum absolute atomic E-state index is 0.125. The molecule has 1 spiro atoms. The highest BCUT2D eigenvalue weighted by atomic mass is 32.1. The summed E-state index contributed by atoms with van der Waals surface area (Å²) >= 11 is 1.53. The van der Waals surface area contributed by atoms with E-state index < -0.39 is 24.3 Å². The topological polar surface area (TPSA) is 111 Å². The lowest BCUT2D eigenvalue weighted by Gasteiger charge is -2.51. The van der Waals surface area contributed by atoms with Crippen molar-refractivity contribution >= 4 is 29.2 Å². The number of hydrogen-bond donors (Lipinski definition) is 2. The zero-order valence-corrected chi connectivity index (χ0v) is 21.0. The minimum atomic E-state index is -5.08. The number of carbonyl (C=O) groups is 3. The van der Waals surface area contributed by atoms with Gasteiger partial charge in [-0.15, -0.1) is 11.3 Å². The summed E-state index contributed by atoms with van der Waals surface area (Å²) in [5, 5.41) is 16.2. The molecule has 1 aromatic heterocycles. The summed E-state index contributed by atoms with van der Waals surface area (Å²) in [6.07, 6.45) is -8.14. The van der Waals surface area contributed by atoms with Gasteiger partial charge in [0.1, 0.15) is 0 Å². The number of carboxylic acid groups (broad SMARTS) is 2. The van der Waals surface area contributed by atoms with Gasteiger partial charge in [0.15, 0.2) is 0 Å². The van der Waals surface area contributed by atoms with Crippen molar-refractivity contribution in [3.63, 3.8) is 0 Å². The highest BCUT2D eigenvalue weighted by Gasteiger charge is 2.43. The molecule has 0 unspecified atom stereocenters. The van der Waals surface area contributed by atoms with Crippen LogP contribution in [0.15, 0.2) is 17.5 Å². The summed E-state index contributed by atoms with van der Waals surface area (Å²) in [6.45, 7) is 6.45. The molecule has 16 heteroatoms. The van der Waals surface area contributed by atoms with Crippen LogP contribution >= 0.6 is 11.3 Å². The van der Waals surface area contributed by atoms with E-state index in [0.717, 1.165) is 63.7 Å². The van der Waals surface area contributed by atoms with Gasteiger partial charge in [0.05, 0.1) is 18.1 Å². The monoisotopic (exact) mass is 565 g/mol. The molecular formula is C21H29F6N3O6S. The Kier molecular flexibility index (Phi) is 12.3. The summed E-state index contributed by atoms with van der Waals surface area (Å²) < 4.78 is 69.3. The number of piperidine rings is 1. The van der Waals surface area contributed by atoms with Gasteiger partial charge in [0.2, 0.25) is 0 Å². The van der Waals surface area contributed by atoms with Crippen LogP contribution in [0.25, 0.3) is 0 Å². The van der Waals surface area contributed by atoms with E-state index >= 15 is 0 Å². The van der Waals surface area contributed by atoms with Crippen molar-refractivity contribution in [1.82, 2.24) is 14.7 Å². The van der Waals surface area contributed by atoms with E-state index in [9.17, 15) is 31.1 Å². The fourth-order valence-electron chi connectivity index (χ4n) is 3.58. The first-order valence-corrected chi connectivity index (χ1v) is 11.8. The van der Waals surface area contributed by atoms with Crippen LogP contribution in [0.5, 0.6) is 0 Å². The van der Waals surface area contributed by atoms with Gasteiger partial charge in [0, 0.05) is 38.3 Å². The van der Waals surface area contributed by atoms with E-state index in [-0.39, 0.29) is 11.4 Å². The predicted molar refractivity (Wildman–Crippen MR) is 121 cm³/mol. The summed E-state index contributed by atoms with van der Waals surface area (Å²) in [6, 6.07) is 3.87. The molecule has 0 atom stereocenters. The standard InChI is InChI=1S/C17H27N3O2S.2C2HF3O2/c1-18(2)9-10-20-11-12-22-14-17(20)5-7-19(8-6-17)16(21)15-4-3-13-23-15;2*3-2(4,5)1(6)7/h3-4,13H,5-12,14H2,1-2H3;2*(H,6,7). The zero-order valence-electron chi connectivity index (χ0n) is 20.1. The summed E-state index contributed by atoms with van der Waals surface area (Å²) in [5.74, 6) is -5.33. The molecule has 0 radical (unpaired) electrons. The number of halogens is 6. The second kappa shape index (κ2) is 13.9. The Labute approximate surface area is 213 Å². The summed E-state index contributed by atoms with van der Waals surface area (Å²) in [4.78, 5) is 38.0. The molecule has 2 fully saturated rings. The number of ether oxygens (including phenoxy) is 1. The normalized spacial score (nSPS) is 17.9. The number of carbonyl (C=O) groups excluding carboxylic acids is 1. The Bertz CT molecular complexity index is 847. The molecule has 37 heavy (non-hydrogen) atoms. The maximum absolute atomic E-state index is 12.5. The number of alkyl halides is 6. The molecule has 9 nitrogen and oxygen atoms in total. The highest BCUT2D eigenvalue weighted by Crippen LogP contribution is 2.32. The molecule has 2 N–H and O–H groups in total. The molecule has 2 saturated heterocycles. The molecule has 0 aromatic carbocycles. The first kappa shape index (κ1) is 32.6. The summed E-state index contributed by atoms with van der Waals surface area (Å²) in [7, 11) is 4.24. The van der Waals surface area contributed by atoms with Crippen molar-refractivity contribution in [2.24, 2.45) is 0 Å². The number of likely N-dealkylation sites (tertiary alicyclic amines) is 1. The second-order valence-corrected chi connectivity index (χ2v) is 9.39. The van der Waals surface area contributed by atoms with Crippen LogP contribution in [0.3, 0.4) is 0 Å². The zero-order chi connectivity index (χ0) is 28.4. The maximum Gasteiger partial charge on any atom is 0.490 e. The molecule has 2 aliphatic rings. The number of hydrogen-bond acceptors (Lipinski definition) is 7. The number of thiophene rings is 1. The van der Waals surface area contributed by atoms with Gasteiger partial charge >= 0.3 is 24.3 Å². The number of rotatable bonds is 4. The first-order chi connectivity index (χ1) is 17.0. The molecule has 3 heterocycles. The van der Waals surface area contributed by atoms with Crippen molar-refractivity contribution in [2.45, 2.75) is 30.7 Å². The van der Waals surface area contributed by atoms with E-state index in [2.05, 4.69) is 23.9 Å². The lowest BCUT2D eigenvalue weighted by Crippen LogP contribution is -2.62. The predicted octanol–water partition coefficient (Wildman–Crippen LogP) is 2.88. The van der Waals surface area contributed by atoms with E-state index in [1.165, 1.54) is 11.3 Å². The number of amides is 1. The van der Waals surface area contributed by atoms with Crippen LogP contribution in [0.1, 0.15) is 22.5 Å². The Balaban J connectivity index is 0.000000404. The number of carboxylic acids is 2. The van der Waals surface area contributed by atoms with E-state index in [1.807, 2.05) is 22.4 Å². The van der Waals surface area contributed by atoms with Gasteiger partial charge in [0.25, 0.3) is 5.91 Å². The second-order valence-electron chi connectivity index (χ2n) is 8.44. The molecule has 2 aliphatic heterocycles. The van der Waals surface area contributed by atoms with E-state index in [0.29, 0.717) is 0 Å². The molecule has 0 aliphatic carbocycles. The Morgan fingerprint density at radius 3 is 1.95 bits per heavy atom. The Morgan fingerprint density at radius 2 is 1.54 bits per heavy atom. The number of likely N-dealkylation sites (N-methyl/N-ethyl adjacent to an activating group) is 1. The van der Waals surface area contributed by atoms with Gasteiger partial charge < -0.3 is 24.7 Å². The average molecular weight is 566 g/mol. The number of nitrogens with zero attached hydrogens (tertiary/aromatic N) is 3. The lowest BCUT2D eigenvalue weighted by atomic mass is 9.85. The Hall–Kier alpha value is -2.43. The van der Waals surface area contributed by atoms with Crippen molar-refractivity contribution in [2.75, 3.05) is 60.0 Å². The third-order valence-corrected chi connectivity index (χ3v) is 6.42. The number of aliphatic carboxylic acids is 2. The highest BCUT2D eigenvalue weighted by molar-refractivity contribution is 7.12. The number of morpholine rings is 1. The fourth-order valence-corrected chi connectivity index (χ4v) is 4.27. The molecular weight excluding hydrogens is 536 g/mol. The fraction of sp³-hybridized carbons (Fsp3) is 0.667. The lowest BCUT2D eigenvalue weighted by molar-refractivity contribution is -0.193. The quantitative estimate of drug-likeness (QED) is 0.537. The van der Waals surface area contributed by atoms with Gasteiger partial charge in [-0.05, 0) is 38.4 Å². The van der Waals surface area contributed by atoms with Crippen molar-refractivity contribution in [3.8, 4) is 0 Å².